The van der Waals surface area contributed by atoms with Crippen LogP contribution in [0.5, 0.6) is 0 Å². The van der Waals surface area contributed by atoms with E-state index in [2.05, 4.69) is 61.2 Å². The van der Waals surface area contributed by atoms with Gasteiger partial charge in [0, 0.05) is 3.57 Å². The molecule has 0 heterocycles. The fourth-order valence-electron chi connectivity index (χ4n) is 1.20. The highest BCUT2D eigenvalue weighted by Crippen LogP contribution is 2.17. The number of hydrogen-bond acceptors (Lipinski definition) is 0. The first-order valence-electron chi connectivity index (χ1n) is 4.49. The summed E-state index contributed by atoms with van der Waals surface area (Å²) in [5, 5.41) is 0. The van der Waals surface area contributed by atoms with Crippen molar-refractivity contribution in [1.29, 1.82) is 0 Å². The summed E-state index contributed by atoms with van der Waals surface area (Å²) in [4.78, 5) is 0. The molecule has 13 heavy (non-hydrogen) atoms. The maximum Gasteiger partial charge on any atom is 0.0165 e. The first kappa shape index (κ1) is 10.8. The topological polar surface area (TPSA) is 0 Å². The molecule has 0 aromatic heterocycles. The van der Waals surface area contributed by atoms with Crippen molar-refractivity contribution in [3.8, 4) is 0 Å². The van der Waals surface area contributed by atoms with E-state index in [4.69, 9.17) is 0 Å². The number of benzene rings is 1. The Bertz CT molecular complexity index is 313. The largest absolute Gasteiger partial charge is 0.100 e. The quantitative estimate of drug-likeness (QED) is 0.579. The third-order valence-electron chi connectivity index (χ3n) is 2.03. The normalized spacial score (nSPS) is 10.1. The van der Waals surface area contributed by atoms with Crippen LogP contribution in [-0.4, -0.2) is 0 Å². The van der Waals surface area contributed by atoms with E-state index in [1.165, 1.54) is 20.3 Å². The summed E-state index contributed by atoms with van der Waals surface area (Å²) in [7, 11) is 0. The maximum atomic E-state index is 3.91. The standard InChI is InChI=1S/C12H15I/c1-9(2)4-6-11-7-5-10(3)8-12(11)13/h5,7-8H,1,4,6H2,2-3H3. The Morgan fingerprint density at radius 3 is 2.69 bits per heavy atom. The number of rotatable bonds is 3. The maximum absolute atomic E-state index is 3.91. The molecule has 0 saturated heterocycles. The molecule has 0 atom stereocenters. The van der Waals surface area contributed by atoms with E-state index in [1.54, 1.807) is 0 Å². The van der Waals surface area contributed by atoms with Gasteiger partial charge in [0.15, 0.2) is 0 Å². The van der Waals surface area contributed by atoms with Crippen LogP contribution in [0.3, 0.4) is 0 Å². The molecule has 0 bridgehead atoms. The zero-order chi connectivity index (χ0) is 9.84. The fourth-order valence-corrected chi connectivity index (χ4v) is 2.14. The predicted octanol–water partition coefficient (Wildman–Crippen LogP) is 4.11. The average molecular weight is 286 g/mol. The minimum absolute atomic E-state index is 1.10. The molecule has 0 spiro atoms. The van der Waals surface area contributed by atoms with Crippen LogP contribution < -0.4 is 0 Å². The van der Waals surface area contributed by atoms with Crippen molar-refractivity contribution in [2.24, 2.45) is 0 Å². The van der Waals surface area contributed by atoms with Crippen molar-refractivity contribution in [3.05, 3.63) is 45.0 Å². The second-order valence-electron chi connectivity index (χ2n) is 3.55. The van der Waals surface area contributed by atoms with Crippen molar-refractivity contribution >= 4 is 22.6 Å². The summed E-state index contributed by atoms with van der Waals surface area (Å²) in [6, 6.07) is 6.63. The molecular weight excluding hydrogens is 271 g/mol. The number of halogens is 1. The van der Waals surface area contributed by atoms with Crippen LogP contribution in [0.15, 0.2) is 30.4 Å². The predicted molar refractivity (Wildman–Crippen MR) is 67.0 cm³/mol. The van der Waals surface area contributed by atoms with E-state index >= 15 is 0 Å². The highest BCUT2D eigenvalue weighted by atomic mass is 127. The number of hydrogen-bond donors (Lipinski definition) is 0. The molecule has 1 heteroatoms. The molecule has 0 aliphatic carbocycles. The summed E-state index contributed by atoms with van der Waals surface area (Å²) in [6.07, 6.45) is 2.22. The van der Waals surface area contributed by atoms with Gasteiger partial charge in [-0.05, 0) is 60.9 Å². The van der Waals surface area contributed by atoms with E-state index in [9.17, 15) is 0 Å². The van der Waals surface area contributed by atoms with Gasteiger partial charge >= 0.3 is 0 Å². The molecule has 0 aliphatic heterocycles. The third kappa shape index (κ3) is 3.51. The second-order valence-corrected chi connectivity index (χ2v) is 4.71. The molecule has 0 nitrogen and oxygen atoms in total. The molecule has 0 radical (unpaired) electrons. The lowest BCUT2D eigenvalue weighted by Gasteiger charge is -2.05. The van der Waals surface area contributed by atoms with Crippen LogP contribution in [-0.2, 0) is 6.42 Å². The molecule has 1 aromatic rings. The molecule has 0 fully saturated rings. The highest BCUT2D eigenvalue weighted by molar-refractivity contribution is 14.1. The zero-order valence-corrected chi connectivity index (χ0v) is 10.4. The Kier molecular flexibility index (Phi) is 3.97. The van der Waals surface area contributed by atoms with Crippen molar-refractivity contribution in [3.63, 3.8) is 0 Å². The summed E-state index contributed by atoms with van der Waals surface area (Å²) >= 11 is 2.40. The van der Waals surface area contributed by atoms with E-state index in [0.29, 0.717) is 0 Å². The molecule has 0 aliphatic rings. The summed E-state index contributed by atoms with van der Waals surface area (Å²) in [5.74, 6) is 0. The first-order valence-corrected chi connectivity index (χ1v) is 5.57. The van der Waals surface area contributed by atoms with Gasteiger partial charge in [-0.2, -0.15) is 0 Å². The molecular formula is C12H15I. The minimum atomic E-state index is 1.10. The van der Waals surface area contributed by atoms with Crippen molar-refractivity contribution in [2.45, 2.75) is 26.7 Å². The second kappa shape index (κ2) is 4.80. The smallest absolute Gasteiger partial charge is 0.0165 e. The van der Waals surface area contributed by atoms with Crippen LogP contribution in [0.2, 0.25) is 0 Å². The van der Waals surface area contributed by atoms with Crippen LogP contribution in [0.25, 0.3) is 0 Å². The van der Waals surface area contributed by atoms with Gasteiger partial charge in [0.2, 0.25) is 0 Å². The Morgan fingerprint density at radius 1 is 1.46 bits per heavy atom. The molecule has 70 valence electrons. The van der Waals surface area contributed by atoms with Gasteiger partial charge in [0.05, 0.1) is 0 Å². The molecule has 0 unspecified atom stereocenters. The van der Waals surface area contributed by atoms with E-state index in [-0.39, 0.29) is 0 Å². The summed E-state index contributed by atoms with van der Waals surface area (Å²) in [6.45, 7) is 8.13. The van der Waals surface area contributed by atoms with Gasteiger partial charge in [0.25, 0.3) is 0 Å². The average Bonchev–Trinajstić information content (AvgIpc) is 2.02. The van der Waals surface area contributed by atoms with Gasteiger partial charge in [-0.25, -0.2) is 0 Å². The molecule has 1 rings (SSSR count). The molecule has 1 aromatic carbocycles. The van der Waals surface area contributed by atoms with Gasteiger partial charge < -0.3 is 0 Å². The van der Waals surface area contributed by atoms with E-state index in [1.807, 2.05) is 0 Å². The monoisotopic (exact) mass is 286 g/mol. The van der Waals surface area contributed by atoms with Crippen molar-refractivity contribution in [1.82, 2.24) is 0 Å². The summed E-state index contributed by atoms with van der Waals surface area (Å²) < 4.78 is 1.37. The van der Waals surface area contributed by atoms with E-state index in [0.717, 1.165) is 12.8 Å². The lowest BCUT2D eigenvalue weighted by atomic mass is 10.1. The van der Waals surface area contributed by atoms with Gasteiger partial charge in [-0.1, -0.05) is 23.3 Å². The van der Waals surface area contributed by atoms with Gasteiger partial charge in [0.1, 0.15) is 0 Å². The SMILES string of the molecule is C=C(C)CCc1ccc(C)cc1I. The molecule has 0 N–H and O–H groups in total. The summed E-state index contributed by atoms with van der Waals surface area (Å²) in [5.41, 5.74) is 4.04. The third-order valence-corrected chi connectivity index (χ3v) is 3.03. The Balaban J connectivity index is 2.72. The first-order chi connectivity index (χ1) is 6.09. The van der Waals surface area contributed by atoms with Gasteiger partial charge in [-0.3, -0.25) is 0 Å². The Labute approximate surface area is 94.2 Å². The van der Waals surface area contributed by atoms with Crippen LogP contribution in [0, 0.1) is 10.5 Å². The van der Waals surface area contributed by atoms with Crippen LogP contribution in [0.1, 0.15) is 24.5 Å². The minimum Gasteiger partial charge on any atom is -0.100 e. The molecule has 0 saturated carbocycles. The number of allylic oxidation sites excluding steroid dienone is 1. The van der Waals surface area contributed by atoms with Crippen molar-refractivity contribution in [2.75, 3.05) is 0 Å². The molecule has 0 amide bonds. The van der Waals surface area contributed by atoms with Crippen molar-refractivity contribution < 1.29 is 0 Å². The van der Waals surface area contributed by atoms with E-state index < -0.39 is 0 Å². The highest BCUT2D eigenvalue weighted by Gasteiger charge is 1.99. The van der Waals surface area contributed by atoms with Gasteiger partial charge in [-0.15, -0.1) is 6.58 Å². The Hall–Kier alpha value is -0.310. The lowest BCUT2D eigenvalue weighted by Crippen LogP contribution is -1.90. The van der Waals surface area contributed by atoms with Crippen LogP contribution >= 0.6 is 22.6 Å². The zero-order valence-electron chi connectivity index (χ0n) is 8.23. The lowest BCUT2D eigenvalue weighted by molar-refractivity contribution is 0.939. The van der Waals surface area contributed by atoms with Crippen LogP contribution in [0.4, 0.5) is 0 Å². The fraction of sp³-hybridized carbons (Fsp3) is 0.333. The Morgan fingerprint density at radius 2 is 2.15 bits per heavy atom. The number of aryl methyl sites for hydroxylation is 2.